The van der Waals surface area contributed by atoms with Gasteiger partial charge in [0.05, 0.1) is 36.6 Å². The molecule has 6 rings (SSSR count). The summed E-state index contributed by atoms with van der Waals surface area (Å²) in [6, 6.07) is 5.86. The molecule has 1 aromatic heterocycles. The van der Waals surface area contributed by atoms with Crippen LogP contribution < -0.4 is 20.3 Å². The number of aromatic nitrogens is 2. The minimum Gasteiger partial charge on any atom is -0.490 e. The predicted octanol–water partition coefficient (Wildman–Crippen LogP) is 4.58. The lowest BCUT2D eigenvalue weighted by Crippen LogP contribution is -2.63. The molecule has 8 nitrogen and oxygen atoms in total. The fourth-order valence-electron chi connectivity index (χ4n) is 7.20. The summed E-state index contributed by atoms with van der Waals surface area (Å²) in [5, 5.41) is 17.9. The third-order valence-electron chi connectivity index (χ3n) is 8.22. The van der Waals surface area contributed by atoms with Crippen molar-refractivity contribution in [3.63, 3.8) is 0 Å². The molecule has 194 valence electrons. The summed E-state index contributed by atoms with van der Waals surface area (Å²) in [5.41, 5.74) is 0.336. The number of hydrogen-bond donors (Lipinski definition) is 2. The van der Waals surface area contributed by atoms with Gasteiger partial charge < -0.3 is 19.9 Å². The van der Waals surface area contributed by atoms with E-state index in [9.17, 15) is 14.7 Å². The molecule has 4 aliphatic rings. The van der Waals surface area contributed by atoms with Crippen molar-refractivity contribution in [1.29, 1.82) is 0 Å². The van der Waals surface area contributed by atoms with Gasteiger partial charge in [0, 0.05) is 6.54 Å². The Kier molecular flexibility index (Phi) is 6.90. The Balaban J connectivity index is 1.33. The maximum absolute atomic E-state index is 13.4. The number of carboxylic acids is 1. The van der Waals surface area contributed by atoms with E-state index in [2.05, 4.69) is 10.4 Å². The zero-order valence-corrected chi connectivity index (χ0v) is 21.6. The number of aliphatic carboxylic acids is 1. The van der Waals surface area contributed by atoms with E-state index in [0.717, 1.165) is 30.6 Å². The molecule has 3 atom stereocenters. The van der Waals surface area contributed by atoms with Crippen LogP contribution in [-0.2, 0) is 16.8 Å². The number of nitrogens with zero attached hydrogens (tertiary/aromatic N) is 2. The Morgan fingerprint density at radius 3 is 2.53 bits per heavy atom. The van der Waals surface area contributed by atoms with E-state index in [0.29, 0.717) is 62.3 Å². The van der Waals surface area contributed by atoms with Crippen molar-refractivity contribution in [3.05, 3.63) is 45.3 Å². The number of rotatable bonds is 10. The van der Waals surface area contributed by atoms with Crippen molar-refractivity contribution in [2.24, 2.45) is 23.7 Å². The molecular weight excluding hydrogens is 482 g/mol. The van der Waals surface area contributed by atoms with Crippen molar-refractivity contribution in [3.8, 4) is 11.5 Å². The highest BCUT2D eigenvalue weighted by Crippen LogP contribution is 2.61. The average molecular weight is 516 g/mol. The first-order chi connectivity index (χ1) is 17.4. The molecule has 2 N–H and O–H groups in total. The minimum absolute atomic E-state index is 0.0617. The summed E-state index contributed by atoms with van der Waals surface area (Å²) in [6.45, 7) is 5.52. The molecule has 1 heterocycles. The van der Waals surface area contributed by atoms with Crippen LogP contribution in [0, 0.1) is 23.7 Å². The number of nitrogens with one attached hydrogen (secondary N) is 1. The first kappa shape index (κ1) is 24.9. The molecule has 0 aliphatic heterocycles. The summed E-state index contributed by atoms with van der Waals surface area (Å²) in [4.78, 5) is 25.8. The SMILES string of the molecule is CCOc1ccc(CCNc2cnn(C34C[C@@H]5CC(C[C@H](C5)C3)[C@H]4C(=O)O)c(=O)c2Cl)cc1OCC. The van der Waals surface area contributed by atoms with Crippen LogP contribution in [0.2, 0.25) is 5.02 Å². The molecule has 0 unspecified atom stereocenters. The van der Waals surface area contributed by atoms with Crippen LogP contribution in [0.25, 0.3) is 0 Å². The fourth-order valence-corrected chi connectivity index (χ4v) is 7.40. The van der Waals surface area contributed by atoms with Crippen molar-refractivity contribution in [2.45, 2.75) is 57.9 Å². The maximum atomic E-state index is 13.4. The van der Waals surface area contributed by atoms with Gasteiger partial charge in [-0.05, 0) is 87.8 Å². The topological polar surface area (TPSA) is 103 Å². The Morgan fingerprint density at radius 1 is 1.17 bits per heavy atom. The van der Waals surface area contributed by atoms with Crippen LogP contribution in [0.15, 0.2) is 29.2 Å². The molecule has 9 heteroatoms. The molecule has 0 spiro atoms. The second kappa shape index (κ2) is 9.96. The first-order valence-electron chi connectivity index (χ1n) is 13.0. The number of halogens is 1. The standard InChI is InChI=1S/C27H34ClN3O5/c1-3-35-21-6-5-16(12-22(21)36-4-2)7-8-29-20-15-30-31(25(32)24(20)28)27-13-17-9-18(14-27)11-19(10-17)23(27)26(33)34/h5-6,12,15,17-19,23,29H,3-4,7-11,13-14H2,1-2H3,(H,33,34)/t17-,18-,19?,23-,27?/m0/s1. The zero-order valence-electron chi connectivity index (χ0n) is 20.8. The molecule has 4 fully saturated rings. The summed E-state index contributed by atoms with van der Waals surface area (Å²) in [5.74, 6) is 1.03. The van der Waals surface area contributed by atoms with Crippen molar-refractivity contribution in [1.82, 2.24) is 9.78 Å². The lowest BCUT2D eigenvalue weighted by molar-refractivity contribution is -0.168. The van der Waals surface area contributed by atoms with Gasteiger partial charge in [-0.15, -0.1) is 0 Å². The molecule has 4 saturated carbocycles. The van der Waals surface area contributed by atoms with Gasteiger partial charge in [-0.3, -0.25) is 9.59 Å². The summed E-state index contributed by atoms with van der Waals surface area (Å²) >= 11 is 6.55. The molecule has 2 aromatic rings. The lowest BCUT2D eigenvalue weighted by atomic mass is 9.48. The van der Waals surface area contributed by atoms with Gasteiger partial charge in [0.1, 0.15) is 5.02 Å². The summed E-state index contributed by atoms with van der Waals surface area (Å²) in [6.07, 6.45) is 6.64. The maximum Gasteiger partial charge on any atom is 0.309 e. The first-order valence-corrected chi connectivity index (χ1v) is 13.4. The van der Waals surface area contributed by atoms with E-state index in [1.54, 1.807) is 6.20 Å². The third-order valence-corrected chi connectivity index (χ3v) is 8.58. The molecule has 4 aliphatic carbocycles. The van der Waals surface area contributed by atoms with E-state index < -0.39 is 23.0 Å². The number of carboxylic acid groups (broad SMARTS) is 1. The van der Waals surface area contributed by atoms with Crippen molar-refractivity contribution in [2.75, 3.05) is 25.1 Å². The van der Waals surface area contributed by atoms with Crippen LogP contribution in [-0.4, -0.2) is 40.6 Å². The van der Waals surface area contributed by atoms with Crippen molar-refractivity contribution >= 4 is 23.3 Å². The normalized spacial score (nSPS) is 28.2. The fraction of sp³-hybridized carbons (Fsp3) is 0.593. The molecule has 0 saturated heterocycles. The monoisotopic (exact) mass is 515 g/mol. The molecular formula is C27H34ClN3O5. The minimum atomic E-state index is -0.826. The highest BCUT2D eigenvalue weighted by Gasteiger charge is 2.61. The molecule has 36 heavy (non-hydrogen) atoms. The van der Waals surface area contributed by atoms with Gasteiger partial charge in [0.2, 0.25) is 0 Å². The van der Waals surface area contributed by atoms with E-state index >= 15 is 0 Å². The Hall–Kier alpha value is -2.74. The van der Waals surface area contributed by atoms with Gasteiger partial charge in [0.15, 0.2) is 11.5 Å². The second-order valence-corrected chi connectivity index (χ2v) is 10.8. The van der Waals surface area contributed by atoms with Crippen molar-refractivity contribution < 1.29 is 19.4 Å². The predicted molar refractivity (Wildman–Crippen MR) is 137 cm³/mol. The van der Waals surface area contributed by atoms with Gasteiger partial charge in [-0.25, -0.2) is 4.68 Å². The third kappa shape index (κ3) is 4.33. The molecule has 1 aromatic carbocycles. The number of carbonyl (C=O) groups is 1. The zero-order chi connectivity index (χ0) is 25.4. The number of benzene rings is 1. The lowest BCUT2D eigenvalue weighted by Gasteiger charge is -2.59. The van der Waals surface area contributed by atoms with Crippen LogP contribution >= 0.6 is 11.6 Å². The van der Waals surface area contributed by atoms with Gasteiger partial charge in [0.25, 0.3) is 5.56 Å². The number of ether oxygens (including phenoxy) is 2. The highest BCUT2D eigenvalue weighted by atomic mass is 35.5. The van der Waals surface area contributed by atoms with E-state index in [-0.39, 0.29) is 10.9 Å². The quantitative estimate of drug-likeness (QED) is 0.477. The summed E-state index contributed by atoms with van der Waals surface area (Å²) < 4.78 is 12.8. The van der Waals surface area contributed by atoms with Gasteiger partial charge >= 0.3 is 5.97 Å². The Labute approximate surface area is 215 Å². The van der Waals surface area contributed by atoms with Crippen LogP contribution in [0.4, 0.5) is 5.69 Å². The Morgan fingerprint density at radius 2 is 1.86 bits per heavy atom. The largest absolute Gasteiger partial charge is 0.490 e. The summed E-state index contributed by atoms with van der Waals surface area (Å²) in [7, 11) is 0. The van der Waals surface area contributed by atoms with E-state index in [1.807, 2.05) is 32.0 Å². The van der Waals surface area contributed by atoms with E-state index in [4.69, 9.17) is 21.1 Å². The van der Waals surface area contributed by atoms with Gasteiger partial charge in [-0.2, -0.15) is 5.10 Å². The molecule has 4 bridgehead atoms. The highest BCUT2D eigenvalue weighted by molar-refractivity contribution is 6.32. The van der Waals surface area contributed by atoms with Crippen LogP contribution in [0.3, 0.4) is 0 Å². The second-order valence-electron chi connectivity index (χ2n) is 10.4. The van der Waals surface area contributed by atoms with Crippen LogP contribution in [0.5, 0.6) is 11.5 Å². The smallest absolute Gasteiger partial charge is 0.309 e. The average Bonchev–Trinajstić information content (AvgIpc) is 2.82. The number of anilines is 1. The van der Waals surface area contributed by atoms with E-state index in [1.165, 1.54) is 4.68 Å². The number of hydrogen-bond acceptors (Lipinski definition) is 6. The van der Waals surface area contributed by atoms with Gasteiger partial charge in [-0.1, -0.05) is 17.7 Å². The molecule has 0 radical (unpaired) electrons. The Bertz CT molecular complexity index is 1180. The van der Waals surface area contributed by atoms with Crippen LogP contribution in [0.1, 0.15) is 51.5 Å². The molecule has 0 amide bonds.